The fourth-order valence-electron chi connectivity index (χ4n) is 4.74. The number of nitrogens with zero attached hydrogens (tertiary/aromatic N) is 3. The first-order chi connectivity index (χ1) is 13.4. The summed E-state index contributed by atoms with van der Waals surface area (Å²) < 4.78 is 32.7. The predicted molar refractivity (Wildman–Crippen MR) is 99.8 cm³/mol. The Balaban J connectivity index is 1.46. The van der Waals surface area contributed by atoms with Gasteiger partial charge in [0.25, 0.3) is 5.91 Å². The molecule has 4 rings (SSSR count). The van der Waals surface area contributed by atoms with Crippen molar-refractivity contribution < 1.29 is 18.1 Å². The molecule has 7 heteroatoms. The second-order valence-electron chi connectivity index (χ2n) is 8.20. The highest BCUT2D eigenvalue weighted by atomic mass is 19.2. The fourth-order valence-corrected chi connectivity index (χ4v) is 4.74. The third-order valence-electron chi connectivity index (χ3n) is 6.14. The van der Waals surface area contributed by atoms with E-state index >= 15 is 0 Å². The summed E-state index contributed by atoms with van der Waals surface area (Å²) in [6.45, 7) is 6.95. The number of amides is 1. The number of aromatic nitrogens is 1. The third-order valence-corrected chi connectivity index (χ3v) is 6.14. The van der Waals surface area contributed by atoms with Crippen LogP contribution in [0.2, 0.25) is 0 Å². The number of rotatable bonds is 3. The average Bonchev–Trinajstić information content (AvgIpc) is 3.22. The van der Waals surface area contributed by atoms with Crippen molar-refractivity contribution in [3.05, 3.63) is 52.4 Å². The maximum atomic E-state index is 14.1. The summed E-state index contributed by atoms with van der Waals surface area (Å²) in [5.74, 6) is -1.04. The Morgan fingerprint density at radius 3 is 2.79 bits per heavy atom. The predicted octanol–water partition coefficient (Wildman–Crippen LogP) is 3.70. The molecule has 1 atom stereocenters. The Labute approximate surface area is 163 Å². The molecule has 0 N–H and O–H groups in total. The Hall–Kier alpha value is -2.28. The molecule has 2 saturated heterocycles. The van der Waals surface area contributed by atoms with Crippen LogP contribution in [0.4, 0.5) is 8.78 Å². The summed E-state index contributed by atoms with van der Waals surface area (Å²) in [5, 5.41) is 3.89. The molecule has 0 saturated carbocycles. The summed E-state index contributed by atoms with van der Waals surface area (Å²) in [4.78, 5) is 17.0. The van der Waals surface area contributed by atoms with E-state index in [1.807, 2.05) is 4.90 Å². The van der Waals surface area contributed by atoms with Crippen molar-refractivity contribution >= 4 is 5.91 Å². The summed E-state index contributed by atoms with van der Waals surface area (Å²) in [6, 6.07) is 4.33. The molecule has 5 nitrogen and oxygen atoms in total. The lowest BCUT2D eigenvalue weighted by Gasteiger charge is -2.40. The second kappa shape index (κ2) is 7.28. The number of hydrogen-bond acceptors (Lipinski definition) is 4. The molecular formula is C21H25F2N3O2. The van der Waals surface area contributed by atoms with Gasteiger partial charge in [-0.25, -0.2) is 8.78 Å². The van der Waals surface area contributed by atoms with Crippen molar-refractivity contribution in [3.63, 3.8) is 0 Å². The van der Waals surface area contributed by atoms with Gasteiger partial charge in [-0.05, 0) is 45.7 Å². The number of likely N-dealkylation sites (tertiary alicyclic amines) is 2. The summed E-state index contributed by atoms with van der Waals surface area (Å²) >= 11 is 0. The molecule has 1 amide bonds. The zero-order valence-electron chi connectivity index (χ0n) is 16.3. The first kappa shape index (κ1) is 19.1. The standard InChI is InChI=1S/C21H25F2N3O2/c1-14-18(15(2)28-24-14)20(27)26-10-8-21(13-26)7-4-9-25(12-21)11-16-5-3-6-17(22)19(16)23/h3,5-6H,4,7-13H2,1-2H3/t21-/m1/s1. The zero-order chi connectivity index (χ0) is 19.9. The summed E-state index contributed by atoms with van der Waals surface area (Å²) in [6.07, 6.45) is 2.95. The lowest BCUT2D eigenvalue weighted by molar-refractivity contribution is 0.0671. The van der Waals surface area contributed by atoms with E-state index in [4.69, 9.17) is 4.52 Å². The number of piperidine rings is 1. The van der Waals surface area contributed by atoms with Crippen LogP contribution in [0, 0.1) is 30.9 Å². The van der Waals surface area contributed by atoms with Crippen molar-refractivity contribution in [2.45, 2.75) is 39.7 Å². The molecule has 150 valence electrons. The smallest absolute Gasteiger partial charge is 0.259 e. The van der Waals surface area contributed by atoms with Gasteiger partial charge in [0.05, 0.1) is 5.69 Å². The zero-order valence-corrected chi connectivity index (χ0v) is 16.3. The van der Waals surface area contributed by atoms with Crippen LogP contribution in [-0.2, 0) is 6.54 Å². The number of halogens is 2. The van der Waals surface area contributed by atoms with Crippen LogP contribution in [-0.4, -0.2) is 47.0 Å². The Kier molecular flexibility index (Phi) is 4.95. The maximum absolute atomic E-state index is 14.1. The van der Waals surface area contributed by atoms with E-state index in [2.05, 4.69) is 10.1 Å². The van der Waals surface area contributed by atoms with E-state index in [0.717, 1.165) is 38.4 Å². The first-order valence-corrected chi connectivity index (χ1v) is 9.76. The van der Waals surface area contributed by atoms with Crippen LogP contribution in [0.5, 0.6) is 0 Å². The Morgan fingerprint density at radius 2 is 2.04 bits per heavy atom. The fraction of sp³-hybridized carbons (Fsp3) is 0.524. The quantitative estimate of drug-likeness (QED) is 0.803. The minimum atomic E-state index is -0.804. The van der Waals surface area contributed by atoms with Gasteiger partial charge in [0.1, 0.15) is 11.3 Å². The second-order valence-corrected chi connectivity index (χ2v) is 8.20. The van der Waals surface area contributed by atoms with Gasteiger partial charge in [-0.15, -0.1) is 0 Å². The van der Waals surface area contributed by atoms with E-state index in [1.54, 1.807) is 26.0 Å². The SMILES string of the molecule is Cc1noc(C)c1C(=O)N1CC[C@@]2(CCCN(Cc3cccc(F)c3F)C2)C1. The molecular weight excluding hydrogens is 364 g/mol. The molecule has 0 unspecified atom stereocenters. The van der Waals surface area contributed by atoms with Crippen molar-refractivity contribution in [2.24, 2.45) is 5.41 Å². The minimum Gasteiger partial charge on any atom is -0.361 e. The van der Waals surface area contributed by atoms with E-state index in [-0.39, 0.29) is 11.3 Å². The van der Waals surface area contributed by atoms with Gasteiger partial charge >= 0.3 is 0 Å². The molecule has 2 fully saturated rings. The molecule has 0 aliphatic carbocycles. The molecule has 2 aliphatic heterocycles. The van der Waals surface area contributed by atoms with Gasteiger partial charge in [0, 0.05) is 37.2 Å². The normalized spacial score (nSPS) is 22.9. The molecule has 1 aromatic carbocycles. The number of hydrogen-bond donors (Lipinski definition) is 0. The molecule has 0 radical (unpaired) electrons. The molecule has 2 aliphatic rings. The third kappa shape index (κ3) is 3.43. The van der Waals surface area contributed by atoms with E-state index in [1.165, 1.54) is 0 Å². The number of carbonyl (C=O) groups is 1. The summed E-state index contributed by atoms with van der Waals surface area (Å²) in [7, 11) is 0. The van der Waals surface area contributed by atoms with Crippen molar-refractivity contribution in [1.29, 1.82) is 0 Å². The Bertz CT molecular complexity index is 878. The van der Waals surface area contributed by atoms with Gasteiger partial charge in [-0.3, -0.25) is 9.69 Å². The highest BCUT2D eigenvalue weighted by Crippen LogP contribution is 2.40. The highest BCUT2D eigenvalue weighted by Gasteiger charge is 2.43. The van der Waals surface area contributed by atoms with E-state index in [9.17, 15) is 13.6 Å². The van der Waals surface area contributed by atoms with Crippen LogP contribution in [0.15, 0.2) is 22.7 Å². The molecule has 1 aromatic heterocycles. The van der Waals surface area contributed by atoms with Crippen LogP contribution in [0.3, 0.4) is 0 Å². The molecule has 0 bridgehead atoms. The van der Waals surface area contributed by atoms with Crippen LogP contribution in [0.25, 0.3) is 0 Å². The van der Waals surface area contributed by atoms with Crippen molar-refractivity contribution in [3.8, 4) is 0 Å². The lowest BCUT2D eigenvalue weighted by Crippen LogP contribution is -2.45. The summed E-state index contributed by atoms with van der Waals surface area (Å²) in [5.41, 5.74) is 1.58. The molecule has 28 heavy (non-hydrogen) atoms. The average molecular weight is 389 g/mol. The van der Waals surface area contributed by atoms with Crippen molar-refractivity contribution in [2.75, 3.05) is 26.2 Å². The van der Waals surface area contributed by atoms with Gasteiger partial charge in [-0.2, -0.15) is 0 Å². The van der Waals surface area contributed by atoms with Gasteiger partial charge in [-0.1, -0.05) is 17.3 Å². The topological polar surface area (TPSA) is 49.6 Å². The lowest BCUT2D eigenvalue weighted by atomic mass is 9.79. The van der Waals surface area contributed by atoms with Crippen molar-refractivity contribution in [1.82, 2.24) is 15.0 Å². The van der Waals surface area contributed by atoms with Crippen LogP contribution in [0.1, 0.15) is 46.6 Å². The van der Waals surface area contributed by atoms with E-state index in [0.29, 0.717) is 42.2 Å². The Morgan fingerprint density at radius 1 is 1.21 bits per heavy atom. The van der Waals surface area contributed by atoms with Gasteiger partial charge in [0.2, 0.25) is 0 Å². The molecule has 2 aromatic rings. The monoisotopic (exact) mass is 389 g/mol. The van der Waals surface area contributed by atoms with Gasteiger partial charge < -0.3 is 9.42 Å². The largest absolute Gasteiger partial charge is 0.361 e. The van der Waals surface area contributed by atoms with Gasteiger partial charge in [0.15, 0.2) is 11.6 Å². The molecule has 1 spiro atoms. The van der Waals surface area contributed by atoms with Crippen LogP contribution >= 0.6 is 0 Å². The first-order valence-electron chi connectivity index (χ1n) is 9.76. The van der Waals surface area contributed by atoms with Crippen LogP contribution < -0.4 is 0 Å². The number of benzene rings is 1. The maximum Gasteiger partial charge on any atom is 0.259 e. The van der Waals surface area contributed by atoms with E-state index < -0.39 is 11.6 Å². The highest BCUT2D eigenvalue weighted by molar-refractivity contribution is 5.96. The number of aryl methyl sites for hydroxylation is 2. The minimum absolute atomic E-state index is 0.0106. The number of carbonyl (C=O) groups excluding carboxylic acids is 1. The molecule has 3 heterocycles.